The molecule has 110 valence electrons. The number of nitrogens with one attached hydrogen (secondary N) is 1. The van der Waals surface area contributed by atoms with Crippen molar-refractivity contribution in [2.45, 2.75) is 39.7 Å². The summed E-state index contributed by atoms with van der Waals surface area (Å²) >= 11 is 0. The molecule has 0 aromatic carbocycles. The third-order valence-corrected chi connectivity index (χ3v) is 3.39. The maximum Gasteiger partial charge on any atom is 0.410 e. The minimum absolute atomic E-state index is 0.139. The van der Waals surface area contributed by atoms with Crippen molar-refractivity contribution in [1.29, 1.82) is 0 Å². The van der Waals surface area contributed by atoms with Gasteiger partial charge in [0.05, 0.1) is 18.8 Å². The zero-order valence-electron chi connectivity index (χ0n) is 12.2. The summed E-state index contributed by atoms with van der Waals surface area (Å²) in [6.07, 6.45) is 0.592. The Bertz CT molecular complexity index is 539. The Morgan fingerprint density at radius 2 is 2.35 bits per heavy atom. The van der Waals surface area contributed by atoms with Gasteiger partial charge in [0.15, 0.2) is 0 Å². The molecule has 6 nitrogen and oxygen atoms in total. The summed E-state index contributed by atoms with van der Waals surface area (Å²) in [4.78, 5) is 25.0. The van der Waals surface area contributed by atoms with Gasteiger partial charge >= 0.3 is 6.09 Å². The summed E-state index contributed by atoms with van der Waals surface area (Å²) < 4.78 is 5.06. The minimum atomic E-state index is -0.327. The van der Waals surface area contributed by atoms with Crippen LogP contribution >= 0.6 is 0 Å². The average molecular weight is 279 g/mol. The Hall–Kier alpha value is -1.85. The van der Waals surface area contributed by atoms with Crippen molar-refractivity contribution in [3.05, 3.63) is 27.7 Å². The van der Waals surface area contributed by atoms with Gasteiger partial charge in [-0.1, -0.05) is 13.8 Å². The molecule has 1 unspecified atom stereocenters. The summed E-state index contributed by atoms with van der Waals surface area (Å²) in [7, 11) is 0. The zero-order valence-corrected chi connectivity index (χ0v) is 12.2. The van der Waals surface area contributed by atoms with Crippen LogP contribution in [0.2, 0.25) is 0 Å². The van der Waals surface area contributed by atoms with Crippen LogP contribution in [-0.2, 0) is 11.3 Å². The molecule has 1 aromatic heterocycles. The lowest BCUT2D eigenvalue weighted by atomic mass is 9.88. The maximum absolute atomic E-state index is 11.9. The van der Waals surface area contributed by atoms with Gasteiger partial charge in [-0.05, 0) is 19.3 Å². The van der Waals surface area contributed by atoms with E-state index in [2.05, 4.69) is 24.0 Å². The van der Waals surface area contributed by atoms with Gasteiger partial charge in [-0.15, -0.1) is 0 Å². The molecular formula is C14H21N3O3. The van der Waals surface area contributed by atoms with E-state index in [4.69, 9.17) is 4.74 Å². The Morgan fingerprint density at radius 1 is 1.60 bits per heavy atom. The van der Waals surface area contributed by atoms with E-state index in [-0.39, 0.29) is 17.6 Å². The van der Waals surface area contributed by atoms with Crippen LogP contribution in [0.1, 0.15) is 44.4 Å². The first-order valence-electron chi connectivity index (χ1n) is 7.01. The monoisotopic (exact) mass is 279 g/mol. The second-order valence-electron chi connectivity index (χ2n) is 5.55. The molecule has 6 heteroatoms. The zero-order chi connectivity index (χ0) is 14.7. The smallest absolute Gasteiger partial charge is 0.410 e. The van der Waals surface area contributed by atoms with Crippen LogP contribution in [0.15, 0.2) is 10.9 Å². The summed E-state index contributed by atoms with van der Waals surface area (Å²) in [6.45, 7) is 7.38. The number of amides is 1. The number of H-pyrrole nitrogens is 1. The van der Waals surface area contributed by atoms with Crippen molar-refractivity contribution in [3.8, 4) is 0 Å². The predicted octanol–water partition coefficient (Wildman–Crippen LogP) is 1.87. The van der Waals surface area contributed by atoms with E-state index in [9.17, 15) is 9.59 Å². The molecule has 0 saturated heterocycles. The predicted molar refractivity (Wildman–Crippen MR) is 74.5 cm³/mol. The third kappa shape index (κ3) is 3.18. The van der Waals surface area contributed by atoms with Gasteiger partial charge < -0.3 is 9.64 Å². The van der Waals surface area contributed by atoms with Gasteiger partial charge in [-0.25, -0.2) is 9.89 Å². The molecule has 1 atom stereocenters. The second-order valence-corrected chi connectivity index (χ2v) is 5.55. The molecule has 20 heavy (non-hydrogen) atoms. The topological polar surface area (TPSA) is 75.3 Å². The summed E-state index contributed by atoms with van der Waals surface area (Å²) in [5.74, 6) is 0.628. The van der Waals surface area contributed by atoms with Crippen molar-refractivity contribution in [2.75, 3.05) is 13.2 Å². The Morgan fingerprint density at radius 3 is 3.00 bits per heavy atom. The molecule has 0 saturated carbocycles. The molecule has 0 radical (unpaired) electrons. The maximum atomic E-state index is 11.9. The van der Waals surface area contributed by atoms with E-state index in [1.54, 1.807) is 11.8 Å². The first-order chi connectivity index (χ1) is 9.51. The number of hydrogen-bond acceptors (Lipinski definition) is 4. The number of carbonyl (C=O) groups is 1. The van der Waals surface area contributed by atoms with Crippen LogP contribution in [0.4, 0.5) is 4.79 Å². The minimum Gasteiger partial charge on any atom is -0.450 e. The van der Waals surface area contributed by atoms with E-state index >= 15 is 0 Å². The van der Waals surface area contributed by atoms with E-state index in [0.29, 0.717) is 25.6 Å². The fraction of sp³-hybridized carbons (Fsp3) is 0.643. The van der Waals surface area contributed by atoms with E-state index in [1.165, 1.54) is 6.07 Å². The fourth-order valence-corrected chi connectivity index (χ4v) is 2.66. The SMILES string of the molecule is CCOC(=O)N1Cc2cc(=O)[nH]nc2C(CC(C)C)C1. The highest BCUT2D eigenvalue weighted by Gasteiger charge is 2.30. The molecule has 2 rings (SSSR count). The number of hydrogen-bond donors (Lipinski definition) is 1. The van der Waals surface area contributed by atoms with Gasteiger partial charge in [-0.2, -0.15) is 5.10 Å². The van der Waals surface area contributed by atoms with Crippen LogP contribution in [0.3, 0.4) is 0 Å². The number of ether oxygens (including phenoxy) is 1. The lowest BCUT2D eigenvalue weighted by Gasteiger charge is -2.33. The van der Waals surface area contributed by atoms with Crippen LogP contribution in [-0.4, -0.2) is 34.3 Å². The van der Waals surface area contributed by atoms with Crippen molar-refractivity contribution >= 4 is 6.09 Å². The normalized spacial score (nSPS) is 18.0. The van der Waals surface area contributed by atoms with Gasteiger partial charge in [0, 0.05) is 24.1 Å². The number of aromatic nitrogens is 2. The number of aromatic amines is 1. The second kappa shape index (κ2) is 6.07. The van der Waals surface area contributed by atoms with Crippen LogP contribution in [0, 0.1) is 5.92 Å². The third-order valence-electron chi connectivity index (χ3n) is 3.39. The number of rotatable bonds is 3. The molecule has 0 spiro atoms. The highest BCUT2D eigenvalue weighted by molar-refractivity contribution is 5.68. The Labute approximate surface area is 118 Å². The molecule has 0 bridgehead atoms. The molecular weight excluding hydrogens is 258 g/mol. The summed E-state index contributed by atoms with van der Waals surface area (Å²) in [5.41, 5.74) is 1.48. The summed E-state index contributed by atoms with van der Waals surface area (Å²) in [6, 6.07) is 1.53. The van der Waals surface area contributed by atoms with Gasteiger partial charge in [0.25, 0.3) is 5.56 Å². The van der Waals surface area contributed by atoms with Crippen molar-refractivity contribution < 1.29 is 9.53 Å². The molecule has 1 aliphatic rings. The van der Waals surface area contributed by atoms with E-state index in [0.717, 1.165) is 17.7 Å². The lowest BCUT2D eigenvalue weighted by Crippen LogP contribution is -2.40. The lowest BCUT2D eigenvalue weighted by molar-refractivity contribution is 0.0964. The van der Waals surface area contributed by atoms with Crippen molar-refractivity contribution in [1.82, 2.24) is 15.1 Å². The van der Waals surface area contributed by atoms with Crippen LogP contribution in [0.5, 0.6) is 0 Å². The molecule has 0 aliphatic carbocycles. The van der Waals surface area contributed by atoms with Crippen LogP contribution in [0.25, 0.3) is 0 Å². The first-order valence-corrected chi connectivity index (χ1v) is 7.01. The molecule has 1 aliphatic heterocycles. The number of nitrogens with zero attached hydrogens (tertiary/aromatic N) is 2. The standard InChI is InChI=1S/C14H21N3O3/c1-4-20-14(19)17-7-10(5-9(2)3)13-11(8-17)6-12(18)15-16-13/h6,9-10H,4-5,7-8H2,1-3H3,(H,15,18). The molecule has 1 amide bonds. The quantitative estimate of drug-likeness (QED) is 0.916. The van der Waals surface area contributed by atoms with Gasteiger partial charge in [0.1, 0.15) is 0 Å². The highest BCUT2D eigenvalue weighted by atomic mass is 16.6. The number of fused-ring (bicyclic) bond motifs is 1. The Kier molecular flexibility index (Phi) is 4.42. The van der Waals surface area contributed by atoms with Crippen molar-refractivity contribution in [2.24, 2.45) is 5.92 Å². The highest BCUT2D eigenvalue weighted by Crippen LogP contribution is 2.30. The number of carbonyl (C=O) groups excluding carboxylic acids is 1. The van der Waals surface area contributed by atoms with Gasteiger partial charge in [-0.3, -0.25) is 4.79 Å². The molecule has 2 heterocycles. The van der Waals surface area contributed by atoms with E-state index in [1.807, 2.05) is 0 Å². The first kappa shape index (κ1) is 14.6. The summed E-state index contributed by atoms with van der Waals surface area (Å²) in [5, 5.41) is 6.67. The molecule has 1 N–H and O–H groups in total. The largest absolute Gasteiger partial charge is 0.450 e. The molecule has 1 aromatic rings. The van der Waals surface area contributed by atoms with E-state index < -0.39 is 0 Å². The van der Waals surface area contributed by atoms with Crippen LogP contribution < -0.4 is 5.56 Å². The Balaban J connectivity index is 2.29. The fourth-order valence-electron chi connectivity index (χ4n) is 2.66. The van der Waals surface area contributed by atoms with Crippen molar-refractivity contribution in [3.63, 3.8) is 0 Å². The van der Waals surface area contributed by atoms with Gasteiger partial charge in [0.2, 0.25) is 0 Å². The average Bonchev–Trinajstić information content (AvgIpc) is 2.37. The molecule has 0 fully saturated rings.